The van der Waals surface area contributed by atoms with Crippen LogP contribution < -0.4 is 10.3 Å². The maximum atomic E-state index is 12.3. The van der Waals surface area contributed by atoms with Crippen LogP contribution >= 0.6 is 0 Å². The van der Waals surface area contributed by atoms with Crippen LogP contribution in [0.2, 0.25) is 0 Å². The highest BCUT2D eigenvalue weighted by molar-refractivity contribution is 5.69. The highest BCUT2D eigenvalue weighted by atomic mass is 16.5. The number of ether oxygens (including phenoxy) is 2. The Labute approximate surface area is 115 Å². The van der Waals surface area contributed by atoms with Crippen molar-refractivity contribution in [3.63, 3.8) is 0 Å². The fourth-order valence-electron chi connectivity index (χ4n) is 1.88. The van der Waals surface area contributed by atoms with Gasteiger partial charge in [-0.1, -0.05) is 13.8 Å². The third kappa shape index (κ3) is 2.38. The van der Waals surface area contributed by atoms with Crippen LogP contribution in [0.15, 0.2) is 17.1 Å². The van der Waals surface area contributed by atoms with E-state index in [1.165, 1.54) is 14.2 Å². The van der Waals surface area contributed by atoms with Crippen molar-refractivity contribution in [2.75, 3.05) is 14.2 Å². The topological polar surface area (TPSA) is 74.8 Å². The zero-order chi connectivity index (χ0) is 14.9. The van der Waals surface area contributed by atoms with Crippen LogP contribution in [-0.4, -0.2) is 34.4 Å². The van der Waals surface area contributed by atoms with E-state index < -0.39 is 5.97 Å². The van der Waals surface area contributed by atoms with Crippen molar-refractivity contribution in [1.29, 1.82) is 0 Å². The van der Waals surface area contributed by atoms with Gasteiger partial charge in [0.1, 0.15) is 12.1 Å². The summed E-state index contributed by atoms with van der Waals surface area (Å²) in [5.74, 6) is -0.269. The van der Waals surface area contributed by atoms with E-state index in [1.54, 1.807) is 10.5 Å². The fraction of sp³-hybridized carbons (Fsp3) is 0.462. The predicted octanol–water partition coefficient (Wildman–Crippen LogP) is 0.801. The molecule has 0 N–H and O–H groups in total. The quantitative estimate of drug-likeness (QED) is 0.774. The van der Waals surface area contributed by atoms with Crippen LogP contribution in [0, 0.1) is 0 Å². The van der Waals surface area contributed by atoms with Crippen molar-refractivity contribution < 1.29 is 14.3 Å². The average molecular weight is 279 g/mol. The summed E-state index contributed by atoms with van der Waals surface area (Å²) in [4.78, 5) is 23.6. The summed E-state index contributed by atoms with van der Waals surface area (Å²) in [5.41, 5.74) is 1.06. The van der Waals surface area contributed by atoms with Crippen molar-refractivity contribution >= 4 is 11.5 Å². The van der Waals surface area contributed by atoms with Gasteiger partial charge < -0.3 is 9.47 Å². The fourth-order valence-corrected chi connectivity index (χ4v) is 1.88. The largest absolute Gasteiger partial charge is 0.468 e. The minimum Gasteiger partial charge on any atom is -0.468 e. The first-order valence-electron chi connectivity index (χ1n) is 6.21. The molecule has 0 aliphatic heterocycles. The Kier molecular flexibility index (Phi) is 3.78. The molecule has 0 unspecified atom stereocenters. The monoisotopic (exact) mass is 279 g/mol. The maximum absolute atomic E-state index is 12.3. The highest BCUT2D eigenvalue weighted by Gasteiger charge is 2.15. The Bertz CT molecular complexity index is 699. The minimum atomic E-state index is -0.540. The maximum Gasteiger partial charge on any atom is 0.327 e. The van der Waals surface area contributed by atoms with Gasteiger partial charge in [0, 0.05) is 6.20 Å². The first-order valence-corrected chi connectivity index (χ1v) is 6.21. The van der Waals surface area contributed by atoms with Crippen molar-refractivity contribution in [3.8, 4) is 6.01 Å². The van der Waals surface area contributed by atoms with Gasteiger partial charge in [-0.25, -0.2) is 4.68 Å². The van der Waals surface area contributed by atoms with Gasteiger partial charge >= 0.3 is 12.0 Å². The lowest BCUT2D eigenvalue weighted by atomic mass is 10.1. The van der Waals surface area contributed by atoms with Gasteiger partial charge in [0.05, 0.1) is 14.2 Å². The van der Waals surface area contributed by atoms with Crippen LogP contribution in [0.5, 0.6) is 6.01 Å². The van der Waals surface area contributed by atoms with Crippen molar-refractivity contribution in [2.24, 2.45) is 0 Å². The number of rotatable bonds is 4. The third-order valence-corrected chi connectivity index (χ3v) is 3.06. The molecule has 2 aromatic rings. The van der Waals surface area contributed by atoms with E-state index in [9.17, 15) is 9.59 Å². The molecular formula is C13H17N3O4. The molecule has 7 heteroatoms. The van der Waals surface area contributed by atoms with Gasteiger partial charge in [0.15, 0.2) is 0 Å². The van der Waals surface area contributed by atoms with E-state index in [0.717, 1.165) is 10.2 Å². The number of hydrogen-bond donors (Lipinski definition) is 0. The van der Waals surface area contributed by atoms with Crippen LogP contribution in [0.3, 0.4) is 0 Å². The Balaban J connectivity index is 2.65. The molecule has 0 saturated carbocycles. The zero-order valence-electron chi connectivity index (χ0n) is 11.9. The van der Waals surface area contributed by atoms with Crippen molar-refractivity contribution in [1.82, 2.24) is 14.2 Å². The summed E-state index contributed by atoms with van der Waals surface area (Å²) in [7, 11) is 2.72. The number of carbonyl (C=O) groups is 1. The lowest BCUT2D eigenvalue weighted by molar-refractivity contribution is -0.141. The predicted molar refractivity (Wildman–Crippen MR) is 72.1 cm³/mol. The summed E-state index contributed by atoms with van der Waals surface area (Å²) in [6.07, 6.45) is 1.82. The molecule has 7 nitrogen and oxygen atoms in total. The summed E-state index contributed by atoms with van der Waals surface area (Å²) < 4.78 is 12.4. The Morgan fingerprint density at radius 3 is 2.65 bits per heavy atom. The van der Waals surface area contributed by atoms with Gasteiger partial charge in [-0.2, -0.15) is 0 Å². The second-order valence-corrected chi connectivity index (χ2v) is 4.71. The Morgan fingerprint density at radius 1 is 1.40 bits per heavy atom. The van der Waals surface area contributed by atoms with Crippen LogP contribution in [0.4, 0.5) is 0 Å². The Morgan fingerprint density at radius 2 is 2.10 bits per heavy atom. The van der Waals surface area contributed by atoms with Crippen molar-refractivity contribution in [2.45, 2.75) is 26.3 Å². The SMILES string of the molecule is COC(=O)Cn1nc(OC)n2cc(C(C)C)cc2c1=O. The normalized spacial score (nSPS) is 11.1. The highest BCUT2D eigenvalue weighted by Crippen LogP contribution is 2.19. The van der Waals surface area contributed by atoms with E-state index in [0.29, 0.717) is 5.52 Å². The molecule has 2 rings (SSSR count). The minimum absolute atomic E-state index is 0.246. The summed E-state index contributed by atoms with van der Waals surface area (Å²) in [6.45, 7) is 3.81. The van der Waals surface area contributed by atoms with Gasteiger partial charge in [0.2, 0.25) is 0 Å². The molecule has 108 valence electrons. The van der Waals surface area contributed by atoms with Crippen LogP contribution in [0.25, 0.3) is 5.52 Å². The molecule has 2 aromatic heterocycles. The second-order valence-electron chi connectivity index (χ2n) is 4.71. The second kappa shape index (κ2) is 5.36. The summed E-state index contributed by atoms with van der Waals surface area (Å²) in [6, 6.07) is 2.03. The zero-order valence-corrected chi connectivity index (χ0v) is 11.9. The first-order chi connectivity index (χ1) is 9.47. The number of hydrogen-bond acceptors (Lipinski definition) is 5. The van der Waals surface area contributed by atoms with Crippen LogP contribution in [0.1, 0.15) is 25.3 Å². The van der Waals surface area contributed by atoms with Gasteiger partial charge in [-0.15, -0.1) is 5.10 Å². The molecule has 0 bridgehead atoms. The molecule has 20 heavy (non-hydrogen) atoms. The molecule has 0 saturated heterocycles. The van der Waals surface area contributed by atoms with E-state index in [4.69, 9.17) is 4.74 Å². The molecule has 0 fully saturated rings. The van der Waals surface area contributed by atoms with Gasteiger partial charge in [-0.05, 0) is 17.5 Å². The van der Waals surface area contributed by atoms with Gasteiger partial charge in [0.25, 0.3) is 5.56 Å². The molecule has 0 spiro atoms. The van der Waals surface area contributed by atoms with Gasteiger partial charge in [-0.3, -0.25) is 14.0 Å². The number of nitrogens with zero attached hydrogens (tertiary/aromatic N) is 3. The number of esters is 1. The van der Waals surface area contributed by atoms with E-state index in [2.05, 4.69) is 9.84 Å². The molecule has 0 aromatic carbocycles. The average Bonchev–Trinajstić information content (AvgIpc) is 2.87. The number of methoxy groups -OCH3 is 2. The molecule has 0 amide bonds. The van der Waals surface area contributed by atoms with E-state index in [1.807, 2.05) is 20.0 Å². The lowest BCUT2D eigenvalue weighted by Crippen LogP contribution is -2.29. The standard InChI is InChI=1S/C13H17N3O4/c1-8(2)9-5-10-12(18)16(7-11(17)19-3)14-13(20-4)15(10)6-9/h5-6,8H,7H2,1-4H3. The molecule has 0 aliphatic carbocycles. The summed E-state index contributed by atoms with van der Waals surface area (Å²) in [5, 5.41) is 4.02. The van der Waals surface area contributed by atoms with Crippen molar-refractivity contribution in [3.05, 3.63) is 28.2 Å². The lowest BCUT2D eigenvalue weighted by Gasteiger charge is -2.07. The Hall–Kier alpha value is -2.31. The molecule has 0 aliphatic rings. The number of fused-ring (bicyclic) bond motifs is 1. The van der Waals surface area contributed by atoms with E-state index in [-0.39, 0.29) is 24.0 Å². The number of carbonyl (C=O) groups excluding carboxylic acids is 1. The molecule has 2 heterocycles. The first kappa shape index (κ1) is 14.1. The smallest absolute Gasteiger partial charge is 0.327 e. The third-order valence-electron chi connectivity index (χ3n) is 3.06. The molecule has 0 radical (unpaired) electrons. The summed E-state index contributed by atoms with van der Waals surface area (Å²) >= 11 is 0. The number of aromatic nitrogens is 3. The van der Waals surface area contributed by atoms with E-state index >= 15 is 0 Å². The van der Waals surface area contributed by atoms with Crippen LogP contribution in [-0.2, 0) is 16.1 Å². The molecular weight excluding hydrogens is 262 g/mol. The molecule has 0 atom stereocenters.